The van der Waals surface area contributed by atoms with Crippen molar-refractivity contribution in [1.82, 2.24) is 9.97 Å². The van der Waals surface area contributed by atoms with Gasteiger partial charge in [0.2, 0.25) is 0 Å². The lowest BCUT2D eigenvalue weighted by Crippen LogP contribution is -2.21. The van der Waals surface area contributed by atoms with E-state index in [1.807, 2.05) is 24.3 Å². The van der Waals surface area contributed by atoms with Gasteiger partial charge in [-0.3, -0.25) is 0 Å². The number of nitrogens with zero attached hydrogens (tertiary/aromatic N) is 2. The van der Waals surface area contributed by atoms with Crippen LogP contribution in [0.3, 0.4) is 0 Å². The van der Waals surface area contributed by atoms with Gasteiger partial charge < -0.3 is 10.4 Å². The average molecular weight is 295 g/mol. The van der Waals surface area contributed by atoms with E-state index in [0.717, 1.165) is 11.1 Å². The molecule has 4 rings (SSSR count). The second-order valence-corrected chi connectivity index (χ2v) is 5.45. The zero-order valence-corrected chi connectivity index (χ0v) is 11.7. The molecule has 1 aromatic heterocycles. The van der Waals surface area contributed by atoms with Crippen LogP contribution in [0.4, 0.5) is 10.2 Å². The second-order valence-electron chi connectivity index (χ2n) is 5.45. The van der Waals surface area contributed by atoms with Crippen LogP contribution in [0, 0.1) is 5.82 Å². The average Bonchev–Trinajstić information content (AvgIpc) is 2.84. The van der Waals surface area contributed by atoms with Gasteiger partial charge in [-0.2, -0.15) is 0 Å². The zero-order valence-electron chi connectivity index (χ0n) is 11.7. The molecule has 3 aromatic rings. The van der Waals surface area contributed by atoms with Crippen molar-refractivity contribution in [2.75, 3.05) is 5.32 Å². The first kappa shape index (κ1) is 13.2. The van der Waals surface area contributed by atoms with Gasteiger partial charge in [0, 0.05) is 11.8 Å². The molecule has 0 radical (unpaired) electrons. The van der Waals surface area contributed by atoms with Gasteiger partial charge in [-0.05, 0) is 23.3 Å². The molecule has 22 heavy (non-hydrogen) atoms. The number of halogens is 1. The van der Waals surface area contributed by atoms with Crippen LogP contribution in [-0.2, 0) is 6.42 Å². The molecule has 0 saturated heterocycles. The predicted molar refractivity (Wildman–Crippen MR) is 82.0 cm³/mol. The van der Waals surface area contributed by atoms with E-state index in [9.17, 15) is 9.50 Å². The molecule has 0 amide bonds. The first-order valence-corrected chi connectivity index (χ1v) is 7.15. The summed E-state index contributed by atoms with van der Waals surface area (Å²) in [7, 11) is 0. The number of hydrogen-bond donors (Lipinski definition) is 2. The molecule has 2 unspecified atom stereocenters. The van der Waals surface area contributed by atoms with Gasteiger partial charge in [0.05, 0.1) is 12.1 Å². The maximum absolute atomic E-state index is 13.8. The zero-order chi connectivity index (χ0) is 15.1. The minimum Gasteiger partial charge on any atom is -0.390 e. The highest BCUT2D eigenvalue weighted by atomic mass is 19.1. The van der Waals surface area contributed by atoms with Crippen LogP contribution in [0.2, 0.25) is 0 Å². The first-order chi connectivity index (χ1) is 10.7. The van der Waals surface area contributed by atoms with Crippen LogP contribution in [0.1, 0.15) is 17.2 Å². The van der Waals surface area contributed by atoms with Crippen molar-refractivity contribution >= 4 is 16.7 Å². The number of para-hydroxylation sites is 1. The summed E-state index contributed by atoms with van der Waals surface area (Å²) in [6, 6.07) is 12.4. The summed E-state index contributed by atoms with van der Waals surface area (Å²) < 4.78 is 13.8. The van der Waals surface area contributed by atoms with Crippen LogP contribution >= 0.6 is 0 Å². The van der Waals surface area contributed by atoms with E-state index in [0.29, 0.717) is 17.6 Å². The molecule has 2 aromatic carbocycles. The van der Waals surface area contributed by atoms with E-state index in [2.05, 4.69) is 15.3 Å². The molecule has 1 aliphatic rings. The highest BCUT2D eigenvalue weighted by Gasteiger charge is 2.31. The van der Waals surface area contributed by atoms with Crippen LogP contribution in [0.15, 0.2) is 48.8 Å². The summed E-state index contributed by atoms with van der Waals surface area (Å²) >= 11 is 0. The molecule has 0 aliphatic heterocycles. The maximum atomic E-state index is 13.8. The number of rotatable bonds is 2. The van der Waals surface area contributed by atoms with Crippen molar-refractivity contribution in [2.45, 2.75) is 18.6 Å². The monoisotopic (exact) mass is 295 g/mol. The summed E-state index contributed by atoms with van der Waals surface area (Å²) in [5.74, 6) is 0.153. The Hall–Kier alpha value is -2.53. The summed E-state index contributed by atoms with van der Waals surface area (Å²) in [6.45, 7) is 0. The minimum absolute atomic E-state index is 0.252. The Morgan fingerprint density at radius 2 is 1.95 bits per heavy atom. The van der Waals surface area contributed by atoms with E-state index in [1.54, 1.807) is 12.1 Å². The third-order valence-electron chi connectivity index (χ3n) is 4.11. The Balaban J connectivity index is 1.77. The third-order valence-corrected chi connectivity index (χ3v) is 4.11. The predicted octanol–water partition coefficient (Wildman–Crippen LogP) is 2.84. The molecule has 2 N–H and O–H groups in total. The van der Waals surface area contributed by atoms with E-state index >= 15 is 0 Å². The highest BCUT2D eigenvalue weighted by molar-refractivity contribution is 5.89. The molecule has 5 heteroatoms. The van der Waals surface area contributed by atoms with E-state index < -0.39 is 6.10 Å². The van der Waals surface area contributed by atoms with Gasteiger partial charge in [-0.15, -0.1) is 0 Å². The molecule has 0 fully saturated rings. The highest BCUT2D eigenvalue weighted by Crippen LogP contribution is 2.35. The molecular weight excluding hydrogens is 281 g/mol. The topological polar surface area (TPSA) is 58.0 Å². The van der Waals surface area contributed by atoms with Crippen molar-refractivity contribution in [3.63, 3.8) is 0 Å². The van der Waals surface area contributed by atoms with E-state index in [-0.39, 0.29) is 17.4 Å². The van der Waals surface area contributed by atoms with E-state index in [1.165, 1.54) is 12.4 Å². The Kier molecular flexibility index (Phi) is 3.01. The number of aromatic nitrogens is 2. The molecule has 0 spiro atoms. The first-order valence-electron chi connectivity index (χ1n) is 7.15. The summed E-state index contributed by atoms with van der Waals surface area (Å²) in [4.78, 5) is 8.21. The summed E-state index contributed by atoms with van der Waals surface area (Å²) in [6.07, 6.45) is 1.41. The number of nitrogens with one attached hydrogen (secondary N) is 1. The second kappa shape index (κ2) is 5.03. The molecule has 1 aliphatic carbocycles. The van der Waals surface area contributed by atoms with Crippen LogP contribution in [0.5, 0.6) is 0 Å². The third kappa shape index (κ3) is 2.02. The van der Waals surface area contributed by atoms with Gasteiger partial charge in [0.15, 0.2) is 0 Å². The molecule has 4 nitrogen and oxygen atoms in total. The number of hydrogen-bond acceptors (Lipinski definition) is 4. The molecular formula is C17H14FN3O. The van der Waals surface area contributed by atoms with Crippen molar-refractivity contribution in [2.24, 2.45) is 0 Å². The summed E-state index contributed by atoms with van der Waals surface area (Å²) in [5.41, 5.74) is 2.45. The molecule has 0 saturated carbocycles. The number of anilines is 1. The van der Waals surface area contributed by atoms with Crippen molar-refractivity contribution in [1.29, 1.82) is 0 Å². The van der Waals surface area contributed by atoms with Crippen LogP contribution < -0.4 is 5.32 Å². The number of aliphatic hydroxyl groups is 1. The molecule has 2 atom stereocenters. The molecule has 110 valence electrons. The number of aliphatic hydroxyl groups excluding tert-OH is 1. The molecule has 1 heterocycles. The van der Waals surface area contributed by atoms with Crippen molar-refractivity contribution in [3.8, 4) is 0 Å². The SMILES string of the molecule is OC1Cc2ccccc2C1Nc1ncnc2c(F)cccc12. The standard InChI is InChI=1S/C17H14FN3O/c18-13-7-3-6-12-15(13)19-9-20-17(12)21-16-11-5-2-1-4-10(11)8-14(16)22/h1-7,9,14,16,22H,8H2,(H,19,20,21). The Morgan fingerprint density at radius 3 is 2.86 bits per heavy atom. The smallest absolute Gasteiger partial charge is 0.149 e. The van der Waals surface area contributed by atoms with Crippen molar-refractivity contribution < 1.29 is 9.50 Å². The molecule has 0 bridgehead atoms. The van der Waals surface area contributed by atoms with Crippen LogP contribution in [0.25, 0.3) is 10.9 Å². The van der Waals surface area contributed by atoms with Crippen LogP contribution in [-0.4, -0.2) is 21.2 Å². The fourth-order valence-corrected chi connectivity index (χ4v) is 3.06. The lowest BCUT2D eigenvalue weighted by atomic mass is 10.1. The van der Waals surface area contributed by atoms with Gasteiger partial charge in [0.25, 0.3) is 0 Å². The number of fused-ring (bicyclic) bond motifs is 2. The lowest BCUT2D eigenvalue weighted by molar-refractivity contribution is 0.165. The quantitative estimate of drug-likeness (QED) is 0.763. The Labute approximate surface area is 126 Å². The number of benzene rings is 2. The minimum atomic E-state index is -0.532. The van der Waals surface area contributed by atoms with Crippen molar-refractivity contribution in [3.05, 3.63) is 65.7 Å². The largest absolute Gasteiger partial charge is 0.390 e. The van der Waals surface area contributed by atoms with Gasteiger partial charge in [-0.1, -0.05) is 30.3 Å². The summed E-state index contributed by atoms with van der Waals surface area (Å²) in [5, 5.41) is 14.2. The van der Waals surface area contributed by atoms with E-state index in [4.69, 9.17) is 0 Å². The van der Waals surface area contributed by atoms with Gasteiger partial charge in [0.1, 0.15) is 23.5 Å². The van der Waals surface area contributed by atoms with Gasteiger partial charge in [-0.25, -0.2) is 14.4 Å². The normalized spacial score (nSPS) is 20.1. The fraction of sp³-hybridized carbons (Fsp3) is 0.176. The Bertz CT molecular complexity index is 852. The van der Waals surface area contributed by atoms with Gasteiger partial charge >= 0.3 is 0 Å². The maximum Gasteiger partial charge on any atom is 0.149 e. The lowest BCUT2D eigenvalue weighted by Gasteiger charge is -2.19. The Morgan fingerprint density at radius 1 is 1.09 bits per heavy atom. The fourth-order valence-electron chi connectivity index (χ4n) is 3.06.